The molecule has 1 saturated heterocycles. The van der Waals surface area contributed by atoms with Gasteiger partial charge in [0.25, 0.3) is 0 Å². The maximum absolute atomic E-state index is 13.9. The van der Waals surface area contributed by atoms with Gasteiger partial charge in [-0.2, -0.15) is 5.26 Å². The highest BCUT2D eigenvalue weighted by molar-refractivity contribution is 5.34. The molecule has 1 aromatic rings. The highest BCUT2D eigenvalue weighted by Gasteiger charge is 2.14. The first kappa shape index (κ1) is 15.0. The van der Waals surface area contributed by atoms with E-state index < -0.39 is 5.82 Å². The minimum Gasteiger partial charge on any atom is -0.309 e. The van der Waals surface area contributed by atoms with Crippen molar-refractivity contribution in [2.24, 2.45) is 0 Å². The van der Waals surface area contributed by atoms with Crippen molar-refractivity contribution in [2.45, 2.75) is 38.8 Å². The third kappa shape index (κ3) is 4.03. The lowest BCUT2D eigenvalue weighted by molar-refractivity contribution is 0.208. The molecule has 1 aliphatic heterocycles. The molecule has 1 N–H and O–H groups in total. The zero-order valence-electron chi connectivity index (χ0n) is 12.0. The quantitative estimate of drug-likeness (QED) is 0.898. The van der Waals surface area contributed by atoms with Crippen LogP contribution in [0.5, 0.6) is 0 Å². The first-order chi connectivity index (χ1) is 9.70. The van der Waals surface area contributed by atoms with Crippen molar-refractivity contribution in [3.05, 3.63) is 35.1 Å². The van der Waals surface area contributed by atoms with Gasteiger partial charge in [0.2, 0.25) is 0 Å². The normalized spacial score (nSPS) is 17.6. The van der Waals surface area contributed by atoms with Crippen molar-refractivity contribution < 1.29 is 4.39 Å². The van der Waals surface area contributed by atoms with E-state index in [9.17, 15) is 4.39 Å². The third-order valence-electron chi connectivity index (χ3n) is 3.82. The van der Waals surface area contributed by atoms with E-state index in [0.29, 0.717) is 18.2 Å². The average molecular weight is 275 g/mol. The molecule has 0 spiro atoms. The van der Waals surface area contributed by atoms with E-state index in [1.54, 1.807) is 12.1 Å². The van der Waals surface area contributed by atoms with Crippen LogP contribution in [0.3, 0.4) is 0 Å². The first-order valence-electron chi connectivity index (χ1n) is 7.34. The molecule has 4 heteroatoms. The molecular formula is C16H22FN3. The van der Waals surface area contributed by atoms with E-state index in [-0.39, 0.29) is 5.56 Å². The van der Waals surface area contributed by atoms with Crippen LogP contribution in [0.4, 0.5) is 4.39 Å². The van der Waals surface area contributed by atoms with Crippen LogP contribution in [0.2, 0.25) is 0 Å². The second-order valence-electron chi connectivity index (χ2n) is 5.53. The summed E-state index contributed by atoms with van der Waals surface area (Å²) in [6, 6.07) is 7.17. The van der Waals surface area contributed by atoms with E-state index in [2.05, 4.69) is 17.1 Å². The summed E-state index contributed by atoms with van der Waals surface area (Å²) in [5, 5.41) is 12.2. The van der Waals surface area contributed by atoms with Crippen LogP contribution in [-0.4, -0.2) is 30.6 Å². The van der Waals surface area contributed by atoms with Crippen LogP contribution < -0.4 is 5.32 Å². The van der Waals surface area contributed by atoms with Crippen molar-refractivity contribution in [3.8, 4) is 6.07 Å². The Morgan fingerprint density at radius 1 is 1.35 bits per heavy atom. The van der Waals surface area contributed by atoms with Gasteiger partial charge in [0.1, 0.15) is 11.9 Å². The van der Waals surface area contributed by atoms with Crippen LogP contribution in [0.15, 0.2) is 18.2 Å². The summed E-state index contributed by atoms with van der Waals surface area (Å²) in [5.74, 6) is -0.396. The minimum atomic E-state index is -0.396. The molecule has 0 saturated carbocycles. The van der Waals surface area contributed by atoms with Crippen LogP contribution in [0.1, 0.15) is 37.3 Å². The molecule has 1 fully saturated rings. The summed E-state index contributed by atoms with van der Waals surface area (Å²) in [6.45, 7) is 5.94. The Hall–Kier alpha value is -1.44. The van der Waals surface area contributed by atoms with Crippen molar-refractivity contribution in [1.82, 2.24) is 10.2 Å². The predicted octanol–water partition coefficient (Wildman–Crippen LogP) is 2.66. The fourth-order valence-electron chi connectivity index (χ4n) is 2.68. The molecular weight excluding hydrogens is 253 g/mol. The molecule has 1 heterocycles. The fraction of sp³-hybridized carbons (Fsp3) is 0.562. The van der Waals surface area contributed by atoms with Crippen molar-refractivity contribution >= 4 is 0 Å². The Bertz CT molecular complexity index is 475. The molecule has 0 radical (unpaired) electrons. The first-order valence-corrected chi connectivity index (χ1v) is 7.34. The Morgan fingerprint density at radius 3 is 2.80 bits per heavy atom. The maximum Gasteiger partial charge on any atom is 0.145 e. The molecule has 0 bridgehead atoms. The third-order valence-corrected chi connectivity index (χ3v) is 3.82. The van der Waals surface area contributed by atoms with Gasteiger partial charge in [-0.15, -0.1) is 0 Å². The Labute approximate surface area is 120 Å². The number of halogens is 1. The molecule has 20 heavy (non-hydrogen) atoms. The number of nitrogens with one attached hydrogen (secondary N) is 1. The lowest BCUT2D eigenvalue weighted by Crippen LogP contribution is -2.41. The minimum absolute atomic E-state index is 0.119. The molecule has 1 aromatic carbocycles. The fourth-order valence-corrected chi connectivity index (χ4v) is 2.68. The molecule has 0 amide bonds. The van der Waals surface area contributed by atoms with Crippen LogP contribution in [0.25, 0.3) is 0 Å². The number of nitrogens with zero attached hydrogens (tertiary/aromatic N) is 2. The topological polar surface area (TPSA) is 39.1 Å². The van der Waals surface area contributed by atoms with Gasteiger partial charge in [0.15, 0.2) is 0 Å². The van der Waals surface area contributed by atoms with E-state index in [4.69, 9.17) is 5.26 Å². The summed E-state index contributed by atoms with van der Waals surface area (Å²) < 4.78 is 13.9. The van der Waals surface area contributed by atoms with Gasteiger partial charge >= 0.3 is 0 Å². The van der Waals surface area contributed by atoms with E-state index >= 15 is 0 Å². The number of rotatable bonds is 5. The summed E-state index contributed by atoms with van der Waals surface area (Å²) in [6.07, 6.45) is 3.90. The van der Waals surface area contributed by atoms with Crippen LogP contribution in [-0.2, 0) is 6.54 Å². The number of hydrogen-bond donors (Lipinski definition) is 1. The molecule has 2 rings (SSSR count). The molecule has 0 aliphatic carbocycles. The monoisotopic (exact) mass is 275 g/mol. The SMILES string of the molecule is CC(CN1CCCCC1)NCc1cccc(C#N)c1F. The Kier molecular flexibility index (Phi) is 5.51. The van der Waals surface area contributed by atoms with Gasteiger partial charge in [0, 0.05) is 24.7 Å². The summed E-state index contributed by atoms with van der Waals surface area (Å²) >= 11 is 0. The number of piperidine rings is 1. The maximum atomic E-state index is 13.9. The van der Waals surface area contributed by atoms with Crippen molar-refractivity contribution in [1.29, 1.82) is 5.26 Å². The largest absolute Gasteiger partial charge is 0.309 e. The zero-order chi connectivity index (χ0) is 14.4. The van der Waals surface area contributed by atoms with Gasteiger partial charge in [-0.3, -0.25) is 0 Å². The molecule has 1 atom stereocenters. The number of hydrogen-bond acceptors (Lipinski definition) is 3. The van der Waals surface area contributed by atoms with Crippen molar-refractivity contribution in [3.63, 3.8) is 0 Å². The summed E-state index contributed by atoms with van der Waals surface area (Å²) in [5.41, 5.74) is 0.683. The molecule has 108 valence electrons. The number of nitriles is 1. The van der Waals surface area contributed by atoms with Gasteiger partial charge in [-0.1, -0.05) is 18.6 Å². The molecule has 0 aromatic heterocycles. The lowest BCUT2D eigenvalue weighted by atomic mass is 10.1. The van der Waals surface area contributed by atoms with E-state index in [1.165, 1.54) is 38.4 Å². The highest BCUT2D eigenvalue weighted by Crippen LogP contribution is 2.12. The van der Waals surface area contributed by atoms with Gasteiger partial charge in [-0.05, 0) is 38.9 Å². The molecule has 1 aliphatic rings. The smallest absolute Gasteiger partial charge is 0.145 e. The average Bonchev–Trinajstić information content (AvgIpc) is 2.47. The Balaban J connectivity index is 1.84. The number of benzene rings is 1. The lowest BCUT2D eigenvalue weighted by Gasteiger charge is -2.29. The summed E-state index contributed by atoms with van der Waals surface area (Å²) in [4.78, 5) is 2.46. The number of likely N-dealkylation sites (tertiary alicyclic amines) is 1. The van der Waals surface area contributed by atoms with E-state index in [0.717, 1.165) is 6.54 Å². The van der Waals surface area contributed by atoms with Gasteiger partial charge in [-0.25, -0.2) is 4.39 Å². The molecule has 1 unspecified atom stereocenters. The van der Waals surface area contributed by atoms with Crippen LogP contribution in [0, 0.1) is 17.1 Å². The van der Waals surface area contributed by atoms with Crippen molar-refractivity contribution in [2.75, 3.05) is 19.6 Å². The zero-order valence-corrected chi connectivity index (χ0v) is 12.0. The second kappa shape index (κ2) is 7.37. The standard InChI is InChI=1S/C16H22FN3/c1-13(12-20-8-3-2-4-9-20)19-11-15-7-5-6-14(10-18)16(15)17/h5-7,13,19H,2-4,8-9,11-12H2,1H3. The van der Waals surface area contributed by atoms with Gasteiger partial charge in [0.05, 0.1) is 5.56 Å². The predicted molar refractivity (Wildman–Crippen MR) is 77.7 cm³/mol. The van der Waals surface area contributed by atoms with E-state index in [1.807, 2.05) is 6.07 Å². The van der Waals surface area contributed by atoms with Gasteiger partial charge < -0.3 is 10.2 Å². The summed E-state index contributed by atoms with van der Waals surface area (Å²) in [7, 11) is 0. The Morgan fingerprint density at radius 2 is 2.10 bits per heavy atom. The second-order valence-corrected chi connectivity index (χ2v) is 5.53. The van der Waals surface area contributed by atoms with Crippen LogP contribution >= 0.6 is 0 Å². The highest BCUT2D eigenvalue weighted by atomic mass is 19.1. The molecule has 3 nitrogen and oxygen atoms in total.